The zero-order chi connectivity index (χ0) is 17.3. The fourth-order valence-electron chi connectivity index (χ4n) is 4.08. The van der Waals surface area contributed by atoms with Gasteiger partial charge in [0.15, 0.2) is 11.5 Å². The lowest BCUT2D eigenvalue weighted by atomic mass is 9.98. The number of benzene rings is 1. The van der Waals surface area contributed by atoms with Crippen LogP contribution in [-0.2, 0) is 0 Å². The molecule has 6 nitrogen and oxygen atoms in total. The summed E-state index contributed by atoms with van der Waals surface area (Å²) in [6.45, 7) is 4.11. The molecule has 0 amide bonds. The molecule has 0 radical (unpaired) electrons. The van der Waals surface area contributed by atoms with Crippen LogP contribution < -0.4 is 9.80 Å². The number of oxazole rings is 1. The van der Waals surface area contributed by atoms with E-state index in [9.17, 15) is 0 Å². The molecule has 134 valence electrons. The van der Waals surface area contributed by atoms with Gasteiger partial charge in [0.2, 0.25) is 0 Å². The summed E-state index contributed by atoms with van der Waals surface area (Å²) in [7, 11) is 0. The van der Waals surface area contributed by atoms with Crippen LogP contribution in [0.25, 0.3) is 11.1 Å². The van der Waals surface area contributed by atoms with Gasteiger partial charge in [-0.3, -0.25) is 0 Å². The van der Waals surface area contributed by atoms with Crippen LogP contribution in [-0.4, -0.2) is 41.1 Å². The molecule has 0 bridgehead atoms. The van der Waals surface area contributed by atoms with E-state index in [1.54, 1.807) is 6.33 Å². The van der Waals surface area contributed by atoms with Gasteiger partial charge in [0.25, 0.3) is 0 Å². The summed E-state index contributed by atoms with van der Waals surface area (Å²) in [4.78, 5) is 18.4. The molecule has 0 saturated carbocycles. The number of hydrogen-bond acceptors (Lipinski definition) is 6. The lowest BCUT2D eigenvalue weighted by Crippen LogP contribution is -2.35. The second-order valence-electron chi connectivity index (χ2n) is 7.23. The van der Waals surface area contributed by atoms with Crippen molar-refractivity contribution in [1.82, 2.24) is 15.0 Å². The zero-order valence-corrected chi connectivity index (χ0v) is 14.8. The zero-order valence-electron chi connectivity index (χ0n) is 14.8. The molecule has 26 heavy (non-hydrogen) atoms. The topological polar surface area (TPSA) is 58.3 Å². The summed E-state index contributed by atoms with van der Waals surface area (Å²) >= 11 is 0. The molecule has 0 aliphatic carbocycles. The van der Waals surface area contributed by atoms with Gasteiger partial charge >= 0.3 is 0 Å². The molecule has 2 aliphatic heterocycles. The molecule has 6 heteroatoms. The molecule has 3 aromatic rings. The molecule has 2 aliphatic rings. The van der Waals surface area contributed by atoms with Crippen LogP contribution in [0.4, 0.5) is 11.6 Å². The van der Waals surface area contributed by atoms with Gasteiger partial charge in [0, 0.05) is 32.2 Å². The molecule has 2 fully saturated rings. The number of rotatable bonds is 3. The Hall–Kier alpha value is -2.63. The highest BCUT2D eigenvalue weighted by Crippen LogP contribution is 2.31. The third kappa shape index (κ3) is 2.89. The summed E-state index contributed by atoms with van der Waals surface area (Å²) in [5, 5.41) is 0. The Labute approximate surface area is 152 Å². The average molecular weight is 349 g/mol. The summed E-state index contributed by atoms with van der Waals surface area (Å²) in [6.07, 6.45) is 6.43. The lowest BCUT2D eigenvalue weighted by molar-refractivity contribution is 0.412. The molecule has 0 spiro atoms. The Balaban J connectivity index is 1.37. The minimum atomic E-state index is 0.307. The number of nitrogens with zero attached hydrogens (tertiary/aromatic N) is 5. The van der Waals surface area contributed by atoms with E-state index in [4.69, 9.17) is 9.40 Å². The number of para-hydroxylation sites is 2. The van der Waals surface area contributed by atoms with Gasteiger partial charge in [-0.25, -0.2) is 15.0 Å². The first-order valence-electron chi connectivity index (χ1n) is 9.54. The summed E-state index contributed by atoms with van der Waals surface area (Å²) < 4.78 is 6.02. The summed E-state index contributed by atoms with van der Waals surface area (Å²) in [5.74, 6) is 3.23. The van der Waals surface area contributed by atoms with E-state index in [0.29, 0.717) is 5.92 Å². The predicted octanol–water partition coefficient (Wildman–Crippen LogP) is 3.60. The van der Waals surface area contributed by atoms with Crippen molar-refractivity contribution in [2.24, 2.45) is 0 Å². The maximum atomic E-state index is 6.02. The number of anilines is 2. The van der Waals surface area contributed by atoms with Crippen molar-refractivity contribution in [3.63, 3.8) is 0 Å². The molecule has 2 saturated heterocycles. The number of fused-ring (bicyclic) bond motifs is 1. The van der Waals surface area contributed by atoms with E-state index in [2.05, 4.69) is 25.8 Å². The van der Waals surface area contributed by atoms with Crippen LogP contribution in [0.15, 0.2) is 41.1 Å². The molecular weight excluding hydrogens is 326 g/mol. The Morgan fingerprint density at radius 2 is 1.69 bits per heavy atom. The fraction of sp³-hybridized carbons (Fsp3) is 0.450. The second kappa shape index (κ2) is 6.59. The van der Waals surface area contributed by atoms with Gasteiger partial charge in [-0.05, 0) is 37.8 Å². The maximum absolute atomic E-state index is 6.02. The third-order valence-electron chi connectivity index (χ3n) is 5.47. The molecule has 1 unspecified atom stereocenters. The highest BCUT2D eigenvalue weighted by atomic mass is 16.3. The highest BCUT2D eigenvalue weighted by Gasteiger charge is 2.27. The van der Waals surface area contributed by atoms with Gasteiger partial charge in [0.1, 0.15) is 23.5 Å². The first-order valence-corrected chi connectivity index (χ1v) is 9.54. The smallest absolute Gasteiger partial charge is 0.200 e. The van der Waals surface area contributed by atoms with E-state index in [-0.39, 0.29) is 0 Å². The van der Waals surface area contributed by atoms with Gasteiger partial charge in [-0.15, -0.1) is 0 Å². The van der Waals surface area contributed by atoms with Gasteiger partial charge in [0.05, 0.1) is 5.92 Å². The third-order valence-corrected chi connectivity index (χ3v) is 5.47. The van der Waals surface area contributed by atoms with Crippen molar-refractivity contribution >= 4 is 22.7 Å². The van der Waals surface area contributed by atoms with Crippen LogP contribution in [0.5, 0.6) is 0 Å². The van der Waals surface area contributed by atoms with Crippen molar-refractivity contribution in [2.45, 2.75) is 31.6 Å². The van der Waals surface area contributed by atoms with Crippen LogP contribution in [0, 0.1) is 0 Å². The minimum absolute atomic E-state index is 0.307. The first kappa shape index (κ1) is 15.6. The van der Waals surface area contributed by atoms with Crippen LogP contribution in [0.2, 0.25) is 0 Å². The molecule has 0 N–H and O–H groups in total. The Bertz CT molecular complexity index is 869. The van der Waals surface area contributed by atoms with Crippen molar-refractivity contribution < 1.29 is 4.42 Å². The molecule has 4 heterocycles. The maximum Gasteiger partial charge on any atom is 0.200 e. The van der Waals surface area contributed by atoms with Crippen LogP contribution in [0.1, 0.15) is 37.5 Å². The largest absolute Gasteiger partial charge is 0.440 e. The molecule has 2 aromatic heterocycles. The fourth-order valence-corrected chi connectivity index (χ4v) is 4.08. The Morgan fingerprint density at radius 1 is 0.923 bits per heavy atom. The number of hydrogen-bond donors (Lipinski definition) is 0. The number of aromatic nitrogens is 3. The van der Waals surface area contributed by atoms with Crippen molar-refractivity contribution in [3.8, 4) is 0 Å². The van der Waals surface area contributed by atoms with E-state index >= 15 is 0 Å². The van der Waals surface area contributed by atoms with Crippen molar-refractivity contribution in [2.75, 3.05) is 36.0 Å². The Morgan fingerprint density at radius 3 is 2.54 bits per heavy atom. The monoisotopic (exact) mass is 349 g/mol. The molecule has 5 rings (SSSR count). The Kier molecular flexibility index (Phi) is 3.96. The molecular formula is C20H23N5O. The van der Waals surface area contributed by atoms with Crippen molar-refractivity contribution in [3.05, 3.63) is 42.5 Å². The SMILES string of the molecule is c1ccc2oc(C3CCCN(c4cc(N5CCCC5)ncn4)C3)nc2c1. The summed E-state index contributed by atoms with van der Waals surface area (Å²) in [5.41, 5.74) is 1.82. The van der Waals surface area contributed by atoms with Gasteiger partial charge in [-0.1, -0.05) is 12.1 Å². The van der Waals surface area contributed by atoms with E-state index in [1.165, 1.54) is 12.8 Å². The van der Waals surface area contributed by atoms with Gasteiger partial charge < -0.3 is 14.2 Å². The normalized spacial score (nSPS) is 20.8. The molecule has 1 atom stereocenters. The lowest BCUT2D eigenvalue weighted by Gasteiger charge is -2.32. The van der Waals surface area contributed by atoms with E-state index < -0.39 is 0 Å². The predicted molar refractivity (Wildman–Crippen MR) is 102 cm³/mol. The molecule has 1 aromatic carbocycles. The van der Waals surface area contributed by atoms with Crippen LogP contribution in [0.3, 0.4) is 0 Å². The van der Waals surface area contributed by atoms with E-state index in [0.717, 1.165) is 67.6 Å². The van der Waals surface area contributed by atoms with Crippen molar-refractivity contribution in [1.29, 1.82) is 0 Å². The van der Waals surface area contributed by atoms with Gasteiger partial charge in [-0.2, -0.15) is 0 Å². The standard InChI is InChI=1S/C20H23N5O/c1-2-8-17-16(7-1)23-20(26-17)15-6-5-11-25(13-15)19-12-18(21-14-22-19)24-9-3-4-10-24/h1-2,7-8,12,14-15H,3-6,9-11,13H2. The first-order chi connectivity index (χ1) is 12.9. The summed E-state index contributed by atoms with van der Waals surface area (Å²) in [6, 6.07) is 10.1. The number of piperidine rings is 1. The average Bonchev–Trinajstić information content (AvgIpc) is 3.38. The van der Waals surface area contributed by atoms with E-state index in [1.807, 2.05) is 24.3 Å². The highest BCUT2D eigenvalue weighted by molar-refractivity contribution is 5.72. The van der Waals surface area contributed by atoms with Crippen LogP contribution >= 0.6 is 0 Å². The minimum Gasteiger partial charge on any atom is -0.440 e. The second-order valence-corrected chi connectivity index (χ2v) is 7.23. The quantitative estimate of drug-likeness (QED) is 0.720.